The summed E-state index contributed by atoms with van der Waals surface area (Å²) in [7, 11) is 0. The lowest BCUT2D eigenvalue weighted by atomic mass is 10.2. The lowest BCUT2D eigenvalue weighted by Crippen LogP contribution is -2.12. The smallest absolute Gasteiger partial charge is 0.252 e. The maximum Gasteiger partial charge on any atom is 0.252 e. The maximum absolute atomic E-state index is 12.7. The minimum Gasteiger partial charge on any atom is -0.488 e. The Bertz CT molecular complexity index is 552. The van der Waals surface area contributed by atoms with E-state index in [9.17, 15) is 9.18 Å². The maximum atomic E-state index is 12.7. The van der Waals surface area contributed by atoms with Gasteiger partial charge < -0.3 is 10.5 Å². The van der Waals surface area contributed by atoms with Crippen molar-refractivity contribution >= 4 is 5.91 Å². The van der Waals surface area contributed by atoms with Gasteiger partial charge in [0.25, 0.3) is 5.91 Å². The summed E-state index contributed by atoms with van der Waals surface area (Å²) in [5.41, 5.74) is 6.38. The molecular formula is C14H12FNO2. The quantitative estimate of drug-likeness (QED) is 0.899. The van der Waals surface area contributed by atoms with Gasteiger partial charge in [-0.05, 0) is 29.8 Å². The Balaban J connectivity index is 2.10. The average Bonchev–Trinajstić information content (AvgIpc) is 2.38. The first-order valence-corrected chi connectivity index (χ1v) is 5.43. The Labute approximate surface area is 104 Å². The molecule has 0 unspecified atom stereocenters. The molecule has 92 valence electrons. The topological polar surface area (TPSA) is 52.3 Å². The molecule has 1 amide bonds. The van der Waals surface area contributed by atoms with Crippen molar-refractivity contribution in [3.8, 4) is 5.75 Å². The molecule has 0 radical (unpaired) electrons. The molecule has 0 saturated carbocycles. The molecule has 0 atom stereocenters. The summed E-state index contributed by atoms with van der Waals surface area (Å²) in [6, 6.07) is 12.7. The molecule has 2 N–H and O–H groups in total. The van der Waals surface area contributed by atoms with Crippen molar-refractivity contribution in [2.45, 2.75) is 6.61 Å². The molecule has 0 aliphatic carbocycles. The largest absolute Gasteiger partial charge is 0.488 e. The Morgan fingerprint density at radius 1 is 1.11 bits per heavy atom. The van der Waals surface area contributed by atoms with Gasteiger partial charge in [-0.3, -0.25) is 4.79 Å². The van der Waals surface area contributed by atoms with Crippen LogP contribution in [0.1, 0.15) is 15.9 Å². The van der Waals surface area contributed by atoms with Gasteiger partial charge >= 0.3 is 0 Å². The minimum absolute atomic E-state index is 0.255. The fourth-order valence-corrected chi connectivity index (χ4v) is 1.54. The van der Waals surface area contributed by atoms with E-state index in [-0.39, 0.29) is 12.4 Å². The molecule has 4 heteroatoms. The van der Waals surface area contributed by atoms with Crippen LogP contribution in [-0.2, 0) is 6.61 Å². The molecule has 0 aliphatic heterocycles. The third-order valence-corrected chi connectivity index (χ3v) is 2.46. The van der Waals surface area contributed by atoms with Crippen molar-refractivity contribution in [2.75, 3.05) is 0 Å². The summed E-state index contributed by atoms with van der Waals surface area (Å²) in [5.74, 6) is -0.407. The zero-order chi connectivity index (χ0) is 13.0. The van der Waals surface area contributed by atoms with Gasteiger partial charge in [-0.2, -0.15) is 0 Å². The molecule has 2 aromatic carbocycles. The van der Waals surface area contributed by atoms with Gasteiger partial charge in [0, 0.05) is 0 Å². The number of para-hydroxylation sites is 1. The first kappa shape index (κ1) is 12.1. The molecule has 0 spiro atoms. The Hall–Kier alpha value is -2.36. The predicted octanol–water partition coefficient (Wildman–Crippen LogP) is 2.50. The normalized spacial score (nSPS) is 10.1. The molecule has 2 aromatic rings. The molecule has 0 aromatic heterocycles. The minimum atomic E-state index is -0.537. The second-order valence-electron chi connectivity index (χ2n) is 3.78. The van der Waals surface area contributed by atoms with Crippen LogP contribution in [0.15, 0.2) is 48.5 Å². The van der Waals surface area contributed by atoms with Crippen LogP contribution in [0.5, 0.6) is 5.75 Å². The number of hydrogen-bond donors (Lipinski definition) is 1. The number of ether oxygens (including phenoxy) is 1. The summed E-state index contributed by atoms with van der Waals surface area (Å²) >= 11 is 0. The number of primary amides is 1. The van der Waals surface area contributed by atoms with Crippen LogP contribution in [0.25, 0.3) is 0 Å². The van der Waals surface area contributed by atoms with Gasteiger partial charge in [-0.25, -0.2) is 4.39 Å². The monoisotopic (exact) mass is 245 g/mol. The van der Waals surface area contributed by atoms with Gasteiger partial charge in [0.05, 0.1) is 5.56 Å². The number of halogens is 1. The van der Waals surface area contributed by atoms with Crippen LogP contribution in [0, 0.1) is 5.82 Å². The Morgan fingerprint density at radius 3 is 2.44 bits per heavy atom. The highest BCUT2D eigenvalue weighted by molar-refractivity contribution is 5.95. The molecular weight excluding hydrogens is 233 g/mol. The highest BCUT2D eigenvalue weighted by atomic mass is 19.1. The number of carbonyl (C=O) groups is 1. The molecule has 0 bridgehead atoms. The third kappa shape index (κ3) is 2.85. The van der Waals surface area contributed by atoms with Crippen molar-refractivity contribution in [3.63, 3.8) is 0 Å². The number of rotatable bonds is 4. The number of carbonyl (C=O) groups excluding carboxylic acids is 1. The van der Waals surface area contributed by atoms with Gasteiger partial charge in [-0.1, -0.05) is 24.3 Å². The SMILES string of the molecule is NC(=O)c1ccccc1OCc1ccc(F)cc1. The van der Waals surface area contributed by atoms with E-state index >= 15 is 0 Å². The van der Waals surface area contributed by atoms with Crippen LogP contribution in [0.4, 0.5) is 4.39 Å². The standard InChI is InChI=1S/C14H12FNO2/c15-11-7-5-10(6-8-11)9-18-13-4-2-1-3-12(13)14(16)17/h1-8H,9H2,(H2,16,17). The van der Waals surface area contributed by atoms with Gasteiger partial charge in [0.1, 0.15) is 18.2 Å². The first-order chi connectivity index (χ1) is 8.66. The number of hydrogen-bond acceptors (Lipinski definition) is 2. The highest BCUT2D eigenvalue weighted by Crippen LogP contribution is 2.18. The zero-order valence-corrected chi connectivity index (χ0v) is 9.60. The summed E-state index contributed by atoms with van der Waals surface area (Å²) in [4.78, 5) is 11.2. The average molecular weight is 245 g/mol. The fourth-order valence-electron chi connectivity index (χ4n) is 1.54. The summed E-state index contributed by atoms with van der Waals surface area (Å²) < 4.78 is 18.2. The molecule has 3 nitrogen and oxygen atoms in total. The summed E-state index contributed by atoms with van der Waals surface area (Å²) in [6.45, 7) is 0.255. The second-order valence-corrected chi connectivity index (χ2v) is 3.78. The molecule has 0 fully saturated rings. The lowest BCUT2D eigenvalue weighted by molar-refractivity contribution is 0.0996. The highest BCUT2D eigenvalue weighted by Gasteiger charge is 2.08. The van der Waals surface area contributed by atoms with Gasteiger partial charge in [-0.15, -0.1) is 0 Å². The van der Waals surface area contributed by atoms with E-state index in [0.717, 1.165) is 5.56 Å². The summed E-state index contributed by atoms with van der Waals surface area (Å²) in [6.07, 6.45) is 0. The van der Waals surface area contributed by atoms with E-state index in [1.807, 2.05) is 0 Å². The number of benzene rings is 2. The van der Waals surface area contributed by atoms with E-state index in [4.69, 9.17) is 10.5 Å². The van der Waals surface area contributed by atoms with Crippen LogP contribution in [0.2, 0.25) is 0 Å². The molecule has 18 heavy (non-hydrogen) atoms. The van der Waals surface area contributed by atoms with Crippen molar-refractivity contribution in [3.05, 3.63) is 65.5 Å². The third-order valence-electron chi connectivity index (χ3n) is 2.46. The van der Waals surface area contributed by atoms with Crippen molar-refractivity contribution in [1.29, 1.82) is 0 Å². The Kier molecular flexibility index (Phi) is 3.57. The zero-order valence-electron chi connectivity index (χ0n) is 9.60. The van der Waals surface area contributed by atoms with Crippen LogP contribution < -0.4 is 10.5 Å². The van der Waals surface area contributed by atoms with E-state index in [2.05, 4.69) is 0 Å². The molecule has 2 rings (SSSR count). The first-order valence-electron chi connectivity index (χ1n) is 5.43. The predicted molar refractivity (Wildman–Crippen MR) is 65.7 cm³/mol. The Morgan fingerprint density at radius 2 is 1.78 bits per heavy atom. The van der Waals surface area contributed by atoms with Gasteiger partial charge in [0.15, 0.2) is 0 Å². The fraction of sp³-hybridized carbons (Fsp3) is 0.0714. The second kappa shape index (κ2) is 5.31. The molecule has 0 heterocycles. The number of amides is 1. The molecule has 0 saturated heterocycles. The molecule has 0 aliphatic rings. The van der Waals surface area contributed by atoms with Crippen LogP contribution in [0.3, 0.4) is 0 Å². The van der Waals surface area contributed by atoms with Crippen molar-refractivity contribution < 1.29 is 13.9 Å². The van der Waals surface area contributed by atoms with E-state index in [1.165, 1.54) is 12.1 Å². The number of nitrogens with two attached hydrogens (primary N) is 1. The van der Waals surface area contributed by atoms with Crippen molar-refractivity contribution in [2.24, 2.45) is 5.73 Å². The van der Waals surface area contributed by atoms with Gasteiger partial charge in [0.2, 0.25) is 0 Å². The van der Waals surface area contributed by atoms with E-state index in [1.54, 1.807) is 36.4 Å². The van der Waals surface area contributed by atoms with Crippen LogP contribution >= 0.6 is 0 Å². The lowest BCUT2D eigenvalue weighted by Gasteiger charge is -2.09. The van der Waals surface area contributed by atoms with E-state index < -0.39 is 5.91 Å². The summed E-state index contributed by atoms with van der Waals surface area (Å²) in [5, 5.41) is 0. The van der Waals surface area contributed by atoms with E-state index in [0.29, 0.717) is 11.3 Å². The van der Waals surface area contributed by atoms with Crippen LogP contribution in [-0.4, -0.2) is 5.91 Å². The van der Waals surface area contributed by atoms with Crippen molar-refractivity contribution in [1.82, 2.24) is 0 Å².